The molecule has 5 heteroatoms. The van der Waals surface area contributed by atoms with Crippen LogP contribution in [-0.2, 0) is 11.8 Å². The van der Waals surface area contributed by atoms with Crippen molar-refractivity contribution in [3.8, 4) is 5.75 Å². The average Bonchev–Trinajstić information content (AvgIpc) is 2.83. The number of anilines is 1. The van der Waals surface area contributed by atoms with Crippen molar-refractivity contribution < 1.29 is 14.3 Å². The van der Waals surface area contributed by atoms with Gasteiger partial charge >= 0.3 is 6.03 Å². The van der Waals surface area contributed by atoms with E-state index in [2.05, 4.69) is 27.7 Å². The van der Waals surface area contributed by atoms with Crippen molar-refractivity contribution >= 4 is 17.6 Å². The lowest BCUT2D eigenvalue weighted by molar-refractivity contribution is 0.00267. The Hall–Kier alpha value is -3.60. The van der Waals surface area contributed by atoms with Gasteiger partial charge in [0.15, 0.2) is 5.72 Å². The fourth-order valence-electron chi connectivity index (χ4n) is 5.19. The van der Waals surface area contributed by atoms with Gasteiger partial charge in [0.25, 0.3) is 5.91 Å². The fourth-order valence-corrected chi connectivity index (χ4v) is 5.19. The Balaban J connectivity index is 1.62. The Morgan fingerprint density at radius 2 is 1.74 bits per heavy atom. The quantitative estimate of drug-likeness (QED) is 0.421. The van der Waals surface area contributed by atoms with E-state index in [4.69, 9.17) is 4.74 Å². The van der Waals surface area contributed by atoms with Crippen molar-refractivity contribution in [1.82, 2.24) is 4.90 Å². The molecule has 0 saturated carbocycles. The van der Waals surface area contributed by atoms with Crippen molar-refractivity contribution in [3.63, 3.8) is 0 Å². The third-order valence-corrected chi connectivity index (χ3v) is 7.16. The van der Waals surface area contributed by atoms with Crippen molar-refractivity contribution in [1.29, 1.82) is 0 Å². The summed E-state index contributed by atoms with van der Waals surface area (Å²) in [6.45, 7) is 10.4. The van der Waals surface area contributed by atoms with E-state index < -0.39 is 11.8 Å². The molecule has 0 spiro atoms. The van der Waals surface area contributed by atoms with Gasteiger partial charge in [0.05, 0.1) is 6.04 Å². The minimum absolute atomic E-state index is 0.0227. The summed E-state index contributed by atoms with van der Waals surface area (Å²) in [5, 5.41) is 0. The average molecular weight is 469 g/mol. The molecular weight excluding hydrogens is 436 g/mol. The number of urea groups is 1. The summed E-state index contributed by atoms with van der Waals surface area (Å²) >= 11 is 0. The summed E-state index contributed by atoms with van der Waals surface area (Å²) in [5.74, 6) is 0.409. The Morgan fingerprint density at radius 1 is 1.03 bits per heavy atom. The number of benzene rings is 3. The van der Waals surface area contributed by atoms with Gasteiger partial charge in [-0.1, -0.05) is 70.2 Å². The molecule has 3 aromatic carbocycles. The van der Waals surface area contributed by atoms with E-state index in [1.54, 1.807) is 4.90 Å². The molecule has 0 unspecified atom stereocenters. The molecule has 0 N–H and O–H groups in total. The van der Waals surface area contributed by atoms with Crippen molar-refractivity contribution in [2.24, 2.45) is 0 Å². The topological polar surface area (TPSA) is 49.9 Å². The molecule has 5 nitrogen and oxygen atoms in total. The van der Waals surface area contributed by atoms with Crippen LogP contribution in [0.2, 0.25) is 0 Å². The second-order valence-electron chi connectivity index (χ2n) is 10.7. The minimum Gasteiger partial charge on any atom is -0.467 e. The van der Waals surface area contributed by atoms with Crippen molar-refractivity contribution in [3.05, 3.63) is 95.1 Å². The van der Waals surface area contributed by atoms with E-state index in [1.807, 2.05) is 79.7 Å². The van der Waals surface area contributed by atoms with Gasteiger partial charge in [-0.15, -0.1) is 0 Å². The van der Waals surface area contributed by atoms with E-state index in [0.29, 0.717) is 17.7 Å². The number of hydrogen-bond donors (Lipinski definition) is 0. The molecule has 0 aromatic heterocycles. The number of carbonyl (C=O) groups excluding carboxylic acids is 2. The van der Waals surface area contributed by atoms with Crippen molar-refractivity contribution in [2.45, 2.75) is 64.6 Å². The number of fused-ring (bicyclic) bond motifs is 4. The van der Waals surface area contributed by atoms with Crippen LogP contribution in [0.15, 0.2) is 72.8 Å². The molecule has 0 aliphatic carbocycles. The maximum Gasteiger partial charge on any atom is 0.335 e. The lowest BCUT2D eigenvalue weighted by Gasteiger charge is -2.53. The molecule has 5 rings (SSSR count). The smallest absolute Gasteiger partial charge is 0.335 e. The highest BCUT2D eigenvalue weighted by Gasteiger charge is 2.55. The molecule has 2 bridgehead atoms. The number of hydrogen-bond acceptors (Lipinski definition) is 3. The summed E-state index contributed by atoms with van der Waals surface area (Å²) in [7, 11) is 0. The summed E-state index contributed by atoms with van der Waals surface area (Å²) in [4.78, 5) is 31.1. The Bertz CT molecular complexity index is 1290. The molecule has 180 valence electrons. The van der Waals surface area contributed by atoms with Gasteiger partial charge in [-0.25, -0.2) is 4.79 Å². The maximum absolute atomic E-state index is 14.1. The molecule has 2 atom stereocenters. The van der Waals surface area contributed by atoms with Crippen molar-refractivity contribution in [2.75, 3.05) is 4.90 Å². The molecule has 2 aliphatic heterocycles. The van der Waals surface area contributed by atoms with Crippen LogP contribution in [0.3, 0.4) is 0 Å². The summed E-state index contributed by atoms with van der Waals surface area (Å²) in [6, 6.07) is 22.5. The first-order valence-electron chi connectivity index (χ1n) is 12.3. The zero-order valence-electron chi connectivity index (χ0n) is 21.0. The van der Waals surface area contributed by atoms with E-state index in [-0.39, 0.29) is 17.4 Å². The Morgan fingerprint density at radius 3 is 2.43 bits per heavy atom. The van der Waals surface area contributed by atoms with Crippen LogP contribution in [0.25, 0.3) is 0 Å². The van der Waals surface area contributed by atoms with Crippen LogP contribution >= 0.6 is 0 Å². The van der Waals surface area contributed by atoms with E-state index in [0.717, 1.165) is 28.8 Å². The number of amides is 3. The zero-order chi connectivity index (χ0) is 25.0. The maximum atomic E-state index is 14.1. The zero-order valence-corrected chi connectivity index (χ0v) is 21.0. The van der Waals surface area contributed by atoms with Gasteiger partial charge in [-0.05, 0) is 60.2 Å². The van der Waals surface area contributed by atoms with Crippen LogP contribution in [0.5, 0.6) is 5.75 Å². The Labute approximate surface area is 207 Å². The van der Waals surface area contributed by atoms with Gasteiger partial charge in [-0.3, -0.25) is 14.6 Å². The van der Waals surface area contributed by atoms with E-state index in [1.165, 1.54) is 4.90 Å². The van der Waals surface area contributed by atoms with Gasteiger partial charge in [0.1, 0.15) is 5.75 Å². The van der Waals surface area contributed by atoms with Crippen LogP contribution < -0.4 is 9.64 Å². The van der Waals surface area contributed by atoms with Gasteiger partial charge in [0, 0.05) is 23.2 Å². The predicted octanol–water partition coefficient (Wildman–Crippen LogP) is 6.87. The molecule has 0 radical (unpaired) electrons. The van der Waals surface area contributed by atoms with Crippen LogP contribution in [0.4, 0.5) is 10.5 Å². The van der Waals surface area contributed by atoms with Gasteiger partial charge < -0.3 is 4.74 Å². The van der Waals surface area contributed by atoms with Crippen LogP contribution in [-0.4, -0.2) is 22.6 Å². The molecule has 1 fully saturated rings. The second kappa shape index (κ2) is 8.26. The van der Waals surface area contributed by atoms with E-state index >= 15 is 0 Å². The molecule has 3 aromatic rings. The largest absolute Gasteiger partial charge is 0.467 e. The normalized spacial score (nSPS) is 21.4. The van der Waals surface area contributed by atoms with Crippen LogP contribution in [0.1, 0.15) is 74.1 Å². The number of ether oxygens (including phenoxy) is 1. The number of para-hydroxylation sites is 1. The Kier molecular flexibility index (Phi) is 5.47. The summed E-state index contributed by atoms with van der Waals surface area (Å²) in [5.41, 5.74) is 3.42. The molecule has 1 saturated heterocycles. The monoisotopic (exact) mass is 468 g/mol. The summed E-state index contributed by atoms with van der Waals surface area (Å²) in [6.07, 6.45) is 1.33. The molecule has 2 aliphatic rings. The molecule has 3 amide bonds. The lowest BCUT2D eigenvalue weighted by atomic mass is 9.86. The van der Waals surface area contributed by atoms with Gasteiger partial charge in [-0.2, -0.15) is 0 Å². The predicted molar refractivity (Wildman–Crippen MR) is 138 cm³/mol. The third kappa shape index (κ3) is 3.89. The van der Waals surface area contributed by atoms with Crippen LogP contribution in [0, 0.1) is 0 Å². The highest BCUT2D eigenvalue weighted by molar-refractivity contribution is 6.10. The lowest BCUT2D eigenvalue weighted by Crippen LogP contribution is -2.67. The number of rotatable bonds is 3. The number of nitrogens with zero attached hydrogens (tertiary/aromatic N) is 2. The highest BCUT2D eigenvalue weighted by atomic mass is 16.5. The SMILES string of the molecule is CCc1cccc(N2C(=O)N(C(=O)c3ccc(C(C)(C)C)cc3)[C@@H]3C[C@@]2(C)Oc2ccccc23)c1. The first-order valence-corrected chi connectivity index (χ1v) is 12.3. The molecular formula is C30H32N2O3. The number of carbonyl (C=O) groups is 2. The van der Waals surface area contributed by atoms with E-state index in [9.17, 15) is 9.59 Å². The summed E-state index contributed by atoms with van der Waals surface area (Å²) < 4.78 is 6.46. The highest BCUT2D eigenvalue weighted by Crippen LogP contribution is 2.49. The molecule has 35 heavy (non-hydrogen) atoms. The third-order valence-electron chi connectivity index (χ3n) is 7.16. The fraction of sp³-hybridized carbons (Fsp3) is 0.333. The minimum atomic E-state index is -0.907. The molecule has 2 heterocycles. The standard InChI is InChI=1S/C30H32N2O3/c1-6-20-10-9-11-23(18-20)32-28(34)31(27(33)21-14-16-22(17-15-21)29(2,3)4)25-19-30(32,5)35-26-13-8-7-12-24(25)26/h7-18,25H,6,19H2,1-5H3/t25-,30-/m1/s1. The number of aryl methyl sites for hydroxylation is 1. The first-order chi connectivity index (χ1) is 16.6. The number of imide groups is 1. The second-order valence-corrected chi connectivity index (χ2v) is 10.7. The first kappa shape index (κ1) is 23.2. The van der Waals surface area contributed by atoms with Gasteiger partial charge in [0.2, 0.25) is 0 Å².